The highest BCUT2D eigenvalue weighted by Crippen LogP contribution is 2.34. The Morgan fingerprint density at radius 2 is 1.84 bits per heavy atom. The number of carbonyl (C=O) groups excluding carboxylic acids is 3. The molecule has 0 bridgehead atoms. The molecule has 0 spiro atoms. The average molecular weight is 441 g/mol. The van der Waals surface area contributed by atoms with Crippen LogP contribution < -0.4 is 14.8 Å². The Kier molecular flexibility index (Phi) is 7.02. The zero-order valence-corrected chi connectivity index (χ0v) is 18.7. The highest BCUT2D eigenvalue weighted by Gasteiger charge is 2.36. The van der Waals surface area contributed by atoms with Gasteiger partial charge in [0.25, 0.3) is 11.1 Å². The molecule has 8 heteroatoms. The molecule has 2 aromatic carbocycles. The van der Waals surface area contributed by atoms with Gasteiger partial charge in [-0.2, -0.15) is 0 Å². The molecule has 3 rings (SSSR count). The number of anilines is 1. The highest BCUT2D eigenvalue weighted by molar-refractivity contribution is 8.18. The highest BCUT2D eigenvalue weighted by atomic mass is 32.2. The number of hydrogen-bond donors (Lipinski definition) is 1. The van der Waals surface area contributed by atoms with Gasteiger partial charge in [-0.05, 0) is 67.4 Å². The third kappa shape index (κ3) is 5.08. The van der Waals surface area contributed by atoms with Gasteiger partial charge < -0.3 is 14.8 Å². The number of para-hydroxylation sites is 1. The van der Waals surface area contributed by atoms with Crippen molar-refractivity contribution in [3.63, 3.8) is 0 Å². The van der Waals surface area contributed by atoms with Crippen LogP contribution in [-0.4, -0.2) is 42.2 Å². The molecule has 1 N–H and O–H groups in total. The van der Waals surface area contributed by atoms with E-state index in [0.29, 0.717) is 29.4 Å². The van der Waals surface area contributed by atoms with Crippen molar-refractivity contribution in [2.45, 2.75) is 20.8 Å². The van der Waals surface area contributed by atoms with E-state index in [1.807, 2.05) is 39.0 Å². The van der Waals surface area contributed by atoms with Gasteiger partial charge in [0.05, 0.1) is 18.6 Å². The van der Waals surface area contributed by atoms with E-state index < -0.39 is 17.1 Å². The summed E-state index contributed by atoms with van der Waals surface area (Å²) in [6.07, 6.45) is 1.61. The number of thioether (sulfide) groups is 1. The first kappa shape index (κ1) is 22.4. The molecular weight excluding hydrogens is 416 g/mol. The first-order valence-electron chi connectivity index (χ1n) is 9.76. The van der Waals surface area contributed by atoms with E-state index in [0.717, 1.165) is 27.8 Å². The molecule has 0 aliphatic carbocycles. The number of benzene rings is 2. The van der Waals surface area contributed by atoms with Crippen LogP contribution in [0.5, 0.6) is 11.5 Å². The molecule has 2 aromatic rings. The smallest absolute Gasteiger partial charge is 0.294 e. The van der Waals surface area contributed by atoms with Gasteiger partial charge in [0, 0.05) is 5.69 Å². The SMILES string of the molecule is CCOc1cc(/C=C2/SC(=O)N(CC(=O)Nc3c(C)cccc3C)C2=O)ccc1OC. The second-order valence-corrected chi connectivity index (χ2v) is 7.92. The molecule has 0 radical (unpaired) electrons. The lowest BCUT2D eigenvalue weighted by molar-refractivity contribution is -0.127. The Morgan fingerprint density at radius 3 is 2.48 bits per heavy atom. The predicted octanol–water partition coefficient (Wildman–Crippen LogP) is 4.39. The number of nitrogens with zero attached hydrogens (tertiary/aromatic N) is 1. The predicted molar refractivity (Wildman–Crippen MR) is 121 cm³/mol. The van der Waals surface area contributed by atoms with Gasteiger partial charge in [0.15, 0.2) is 11.5 Å². The normalized spacial score (nSPS) is 14.8. The molecule has 1 fully saturated rings. The summed E-state index contributed by atoms with van der Waals surface area (Å²) in [6.45, 7) is 5.75. The molecule has 0 aromatic heterocycles. The first-order chi connectivity index (χ1) is 14.8. The number of methoxy groups -OCH3 is 1. The third-order valence-electron chi connectivity index (χ3n) is 4.71. The summed E-state index contributed by atoms with van der Waals surface area (Å²) >= 11 is 0.807. The van der Waals surface area contributed by atoms with Crippen LogP contribution in [-0.2, 0) is 9.59 Å². The maximum absolute atomic E-state index is 12.8. The molecule has 162 valence electrons. The number of imide groups is 1. The number of rotatable bonds is 7. The lowest BCUT2D eigenvalue weighted by atomic mass is 10.1. The Hall–Kier alpha value is -3.26. The number of amides is 3. The van der Waals surface area contributed by atoms with E-state index >= 15 is 0 Å². The largest absolute Gasteiger partial charge is 0.493 e. The van der Waals surface area contributed by atoms with Gasteiger partial charge in [-0.1, -0.05) is 24.3 Å². The molecule has 0 saturated carbocycles. The van der Waals surface area contributed by atoms with Crippen molar-refractivity contribution < 1.29 is 23.9 Å². The molecule has 7 nitrogen and oxygen atoms in total. The summed E-state index contributed by atoms with van der Waals surface area (Å²) in [5.41, 5.74) is 3.20. The van der Waals surface area contributed by atoms with E-state index in [9.17, 15) is 14.4 Å². The van der Waals surface area contributed by atoms with Crippen molar-refractivity contribution in [1.29, 1.82) is 0 Å². The van der Waals surface area contributed by atoms with Gasteiger partial charge in [0.1, 0.15) is 6.54 Å². The molecule has 0 atom stereocenters. The second kappa shape index (κ2) is 9.70. The number of carbonyl (C=O) groups is 3. The number of aryl methyl sites for hydroxylation is 2. The van der Waals surface area contributed by atoms with Gasteiger partial charge in [-0.3, -0.25) is 19.3 Å². The van der Waals surface area contributed by atoms with Crippen LogP contribution in [0, 0.1) is 13.8 Å². The molecule has 1 heterocycles. The van der Waals surface area contributed by atoms with Gasteiger partial charge >= 0.3 is 0 Å². The summed E-state index contributed by atoms with van der Waals surface area (Å²) < 4.78 is 10.8. The van der Waals surface area contributed by atoms with Crippen molar-refractivity contribution in [2.75, 3.05) is 25.6 Å². The topological polar surface area (TPSA) is 84.9 Å². The lowest BCUT2D eigenvalue weighted by Crippen LogP contribution is -2.36. The van der Waals surface area contributed by atoms with Crippen molar-refractivity contribution in [2.24, 2.45) is 0 Å². The van der Waals surface area contributed by atoms with Crippen molar-refractivity contribution in [3.8, 4) is 11.5 Å². The summed E-state index contributed by atoms with van der Waals surface area (Å²) in [5.74, 6) is 0.200. The number of hydrogen-bond acceptors (Lipinski definition) is 6. The molecule has 3 amide bonds. The lowest BCUT2D eigenvalue weighted by Gasteiger charge is -2.15. The van der Waals surface area contributed by atoms with Crippen LogP contribution in [0.15, 0.2) is 41.3 Å². The maximum atomic E-state index is 12.8. The van der Waals surface area contributed by atoms with Crippen LogP contribution in [0.25, 0.3) is 6.08 Å². The zero-order chi connectivity index (χ0) is 22.5. The summed E-state index contributed by atoms with van der Waals surface area (Å²) in [6, 6.07) is 10.9. The quantitative estimate of drug-likeness (QED) is 0.643. The van der Waals surface area contributed by atoms with Crippen LogP contribution in [0.3, 0.4) is 0 Å². The van der Waals surface area contributed by atoms with E-state index in [-0.39, 0.29) is 11.4 Å². The minimum atomic E-state index is -0.500. The Balaban J connectivity index is 1.75. The molecule has 1 aliphatic rings. The van der Waals surface area contributed by atoms with E-state index in [1.165, 1.54) is 0 Å². The first-order valence-corrected chi connectivity index (χ1v) is 10.6. The standard InChI is InChI=1S/C23H24N2O5S/c1-5-30-18-11-16(9-10-17(18)29-4)12-19-22(27)25(23(28)31-19)13-20(26)24-21-14(2)7-6-8-15(21)3/h6-12H,5,13H2,1-4H3,(H,24,26)/b19-12+. The van der Waals surface area contributed by atoms with Gasteiger partial charge in [-0.15, -0.1) is 0 Å². The molecule has 31 heavy (non-hydrogen) atoms. The van der Waals surface area contributed by atoms with E-state index in [1.54, 1.807) is 31.4 Å². The monoisotopic (exact) mass is 440 g/mol. The van der Waals surface area contributed by atoms with E-state index in [2.05, 4.69) is 5.32 Å². The van der Waals surface area contributed by atoms with Crippen LogP contribution in [0.4, 0.5) is 10.5 Å². The third-order valence-corrected chi connectivity index (χ3v) is 5.61. The minimum absolute atomic E-state index is 0.248. The molecule has 1 aliphatic heterocycles. The summed E-state index contributed by atoms with van der Waals surface area (Å²) in [7, 11) is 1.55. The molecule has 0 unspecified atom stereocenters. The number of ether oxygens (including phenoxy) is 2. The Labute approximate surface area is 185 Å². The maximum Gasteiger partial charge on any atom is 0.294 e. The second-order valence-electron chi connectivity index (χ2n) is 6.93. The summed E-state index contributed by atoms with van der Waals surface area (Å²) in [5, 5.41) is 2.32. The fourth-order valence-electron chi connectivity index (χ4n) is 3.17. The van der Waals surface area contributed by atoms with Crippen molar-refractivity contribution >= 4 is 40.6 Å². The van der Waals surface area contributed by atoms with Gasteiger partial charge in [-0.25, -0.2) is 0 Å². The number of nitrogens with one attached hydrogen (secondary N) is 1. The fourth-order valence-corrected chi connectivity index (χ4v) is 4.01. The van der Waals surface area contributed by atoms with E-state index in [4.69, 9.17) is 9.47 Å². The average Bonchev–Trinajstić information content (AvgIpc) is 2.99. The van der Waals surface area contributed by atoms with Gasteiger partial charge in [0.2, 0.25) is 5.91 Å². The fraction of sp³-hybridized carbons (Fsp3) is 0.261. The Bertz CT molecular complexity index is 1040. The van der Waals surface area contributed by atoms with Crippen LogP contribution in [0.1, 0.15) is 23.6 Å². The van der Waals surface area contributed by atoms with Crippen LogP contribution in [0.2, 0.25) is 0 Å². The van der Waals surface area contributed by atoms with Crippen molar-refractivity contribution in [3.05, 3.63) is 58.0 Å². The minimum Gasteiger partial charge on any atom is -0.493 e. The van der Waals surface area contributed by atoms with Crippen molar-refractivity contribution in [1.82, 2.24) is 4.90 Å². The molecule has 1 saturated heterocycles. The summed E-state index contributed by atoms with van der Waals surface area (Å²) in [4.78, 5) is 38.8. The van der Waals surface area contributed by atoms with Crippen LogP contribution >= 0.6 is 11.8 Å². The Morgan fingerprint density at radius 1 is 1.13 bits per heavy atom. The zero-order valence-electron chi connectivity index (χ0n) is 17.9. The molecular formula is C23H24N2O5S.